The third kappa shape index (κ3) is 2.92. The van der Waals surface area contributed by atoms with Gasteiger partial charge in [-0.1, -0.05) is 0 Å². The van der Waals surface area contributed by atoms with Crippen molar-refractivity contribution in [2.75, 3.05) is 12.4 Å². The molecular weight excluding hydrogens is 286 g/mol. The zero-order valence-corrected chi connectivity index (χ0v) is 11.1. The van der Waals surface area contributed by atoms with Crippen molar-refractivity contribution in [2.45, 2.75) is 4.90 Å². The highest BCUT2D eigenvalue weighted by molar-refractivity contribution is 7.89. The Hall–Kier alpha value is -2.46. The molecule has 1 amide bonds. The van der Waals surface area contributed by atoms with Crippen molar-refractivity contribution in [2.24, 2.45) is 5.14 Å². The molecule has 20 heavy (non-hydrogen) atoms. The number of H-pyrrole nitrogens is 1. The highest BCUT2D eigenvalue weighted by Crippen LogP contribution is 2.26. The van der Waals surface area contributed by atoms with E-state index in [4.69, 9.17) is 9.88 Å². The van der Waals surface area contributed by atoms with Crippen LogP contribution in [-0.2, 0) is 10.0 Å². The second-order valence-electron chi connectivity index (χ2n) is 3.72. The summed E-state index contributed by atoms with van der Waals surface area (Å²) in [6.07, 6.45) is 1.26. The number of amides is 1. The van der Waals surface area contributed by atoms with Crippen LogP contribution in [0.5, 0.6) is 5.75 Å². The van der Waals surface area contributed by atoms with Crippen LogP contribution in [0.1, 0.15) is 10.5 Å². The van der Waals surface area contributed by atoms with Crippen LogP contribution in [-0.4, -0.2) is 36.8 Å². The summed E-state index contributed by atoms with van der Waals surface area (Å²) in [5.74, 6) is -0.463. The van der Waals surface area contributed by atoms with Gasteiger partial charge in [0.2, 0.25) is 10.0 Å². The number of carbonyl (C=O) groups excluding carboxylic acids is 1. The van der Waals surface area contributed by atoms with Crippen molar-refractivity contribution in [3.63, 3.8) is 0 Å². The normalized spacial score (nSPS) is 11.1. The van der Waals surface area contributed by atoms with Gasteiger partial charge in [-0.3, -0.25) is 4.79 Å². The Balaban J connectivity index is 2.29. The van der Waals surface area contributed by atoms with Gasteiger partial charge in [0.25, 0.3) is 5.91 Å². The number of anilines is 1. The molecule has 2 rings (SSSR count). The average Bonchev–Trinajstić information content (AvgIpc) is 2.91. The first-order valence-electron chi connectivity index (χ1n) is 5.30. The number of carbonyl (C=O) groups is 1. The van der Waals surface area contributed by atoms with Crippen molar-refractivity contribution >= 4 is 21.6 Å². The fourth-order valence-corrected chi connectivity index (χ4v) is 2.17. The van der Waals surface area contributed by atoms with Crippen LogP contribution >= 0.6 is 0 Å². The molecule has 0 unspecified atom stereocenters. The van der Waals surface area contributed by atoms with Gasteiger partial charge in [0.05, 0.1) is 13.3 Å². The molecule has 0 bridgehead atoms. The molecule has 0 spiro atoms. The SMILES string of the molecule is COc1cc(NC(=O)c2cn[nH]n2)ccc1S(N)(=O)=O. The largest absolute Gasteiger partial charge is 0.495 e. The van der Waals surface area contributed by atoms with Crippen LogP contribution in [0.25, 0.3) is 0 Å². The minimum absolute atomic E-state index is 0.0328. The monoisotopic (exact) mass is 297 g/mol. The Bertz CT molecular complexity index is 726. The van der Waals surface area contributed by atoms with E-state index in [1.165, 1.54) is 31.5 Å². The Kier molecular flexibility index (Phi) is 3.68. The number of nitrogens with one attached hydrogen (secondary N) is 2. The Labute approximate surface area is 114 Å². The van der Waals surface area contributed by atoms with Crippen molar-refractivity contribution in [3.05, 3.63) is 30.1 Å². The van der Waals surface area contributed by atoms with E-state index < -0.39 is 15.9 Å². The van der Waals surface area contributed by atoms with E-state index in [-0.39, 0.29) is 16.3 Å². The number of ether oxygens (including phenoxy) is 1. The lowest BCUT2D eigenvalue weighted by Gasteiger charge is -2.09. The number of hydrogen-bond acceptors (Lipinski definition) is 6. The number of nitrogens with zero attached hydrogens (tertiary/aromatic N) is 2. The van der Waals surface area contributed by atoms with E-state index in [1.807, 2.05) is 0 Å². The van der Waals surface area contributed by atoms with Gasteiger partial charge in [-0.05, 0) is 12.1 Å². The number of benzene rings is 1. The van der Waals surface area contributed by atoms with Gasteiger partial charge in [-0.25, -0.2) is 13.6 Å². The predicted octanol–water partition coefficient (Wildman–Crippen LogP) is -0.287. The zero-order valence-electron chi connectivity index (χ0n) is 10.3. The molecule has 0 radical (unpaired) electrons. The van der Waals surface area contributed by atoms with Crippen LogP contribution in [0.15, 0.2) is 29.3 Å². The van der Waals surface area contributed by atoms with Crippen molar-refractivity contribution < 1.29 is 17.9 Å². The minimum Gasteiger partial charge on any atom is -0.495 e. The summed E-state index contributed by atoms with van der Waals surface area (Å²) in [6.45, 7) is 0. The third-order valence-electron chi connectivity index (χ3n) is 2.38. The maximum Gasteiger partial charge on any atom is 0.277 e. The molecule has 0 aliphatic heterocycles. The number of methoxy groups -OCH3 is 1. The highest BCUT2D eigenvalue weighted by atomic mass is 32.2. The van der Waals surface area contributed by atoms with Gasteiger partial charge in [0.1, 0.15) is 10.6 Å². The molecule has 4 N–H and O–H groups in total. The topological polar surface area (TPSA) is 140 Å². The van der Waals surface area contributed by atoms with E-state index in [2.05, 4.69) is 20.7 Å². The predicted molar refractivity (Wildman–Crippen MR) is 68.7 cm³/mol. The second kappa shape index (κ2) is 5.27. The van der Waals surface area contributed by atoms with Crippen molar-refractivity contribution in [1.29, 1.82) is 0 Å². The molecule has 1 heterocycles. The first kappa shape index (κ1) is 14.0. The zero-order chi connectivity index (χ0) is 14.8. The molecule has 0 aliphatic carbocycles. The van der Waals surface area contributed by atoms with Crippen LogP contribution < -0.4 is 15.2 Å². The number of primary sulfonamides is 1. The van der Waals surface area contributed by atoms with Gasteiger partial charge in [0.15, 0.2) is 5.69 Å². The average molecular weight is 297 g/mol. The summed E-state index contributed by atoms with van der Waals surface area (Å²) in [5, 5.41) is 17.0. The number of aromatic nitrogens is 3. The fourth-order valence-electron chi connectivity index (χ4n) is 1.49. The molecule has 2 aromatic rings. The Morgan fingerprint density at radius 2 is 2.20 bits per heavy atom. The number of aromatic amines is 1. The third-order valence-corrected chi connectivity index (χ3v) is 3.33. The van der Waals surface area contributed by atoms with E-state index in [1.54, 1.807) is 0 Å². The lowest BCUT2D eigenvalue weighted by Crippen LogP contribution is -2.15. The Morgan fingerprint density at radius 1 is 1.45 bits per heavy atom. The van der Waals surface area contributed by atoms with Crippen molar-refractivity contribution in [3.8, 4) is 5.75 Å². The molecule has 1 aromatic carbocycles. The molecule has 0 atom stereocenters. The molecule has 0 saturated carbocycles. The number of hydrogen-bond donors (Lipinski definition) is 3. The minimum atomic E-state index is -3.90. The summed E-state index contributed by atoms with van der Waals surface area (Å²) in [4.78, 5) is 11.6. The van der Waals surface area contributed by atoms with Gasteiger partial charge in [-0.2, -0.15) is 15.4 Å². The number of nitrogens with two attached hydrogens (primary N) is 1. The molecule has 0 fully saturated rings. The number of rotatable bonds is 4. The lowest BCUT2D eigenvalue weighted by atomic mass is 10.3. The van der Waals surface area contributed by atoms with Crippen LogP contribution in [0.2, 0.25) is 0 Å². The maximum absolute atomic E-state index is 11.7. The van der Waals surface area contributed by atoms with Gasteiger partial charge in [-0.15, -0.1) is 0 Å². The first-order chi connectivity index (χ1) is 9.41. The quantitative estimate of drug-likeness (QED) is 0.708. The fraction of sp³-hybridized carbons (Fsp3) is 0.100. The van der Waals surface area contributed by atoms with Crippen LogP contribution in [0.4, 0.5) is 5.69 Å². The summed E-state index contributed by atoms with van der Waals surface area (Å²) >= 11 is 0. The van der Waals surface area contributed by atoms with Crippen molar-refractivity contribution in [1.82, 2.24) is 15.4 Å². The first-order valence-corrected chi connectivity index (χ1v) is 6.84. The van der Waals surface area contributed by atoms with E-state index in [9.17, 15) is 13.2 Å². The highest BCUT2D eigenvalue weighted by Gasteiger charge is 2.16. The standard InChI is InChI=1S/C10H11N5O4S/c1-19-8-4-6(2-3-9(8)20(11,17)18)13-10(16)7-5-12-15-14-7/h2-5H,1H3,(H,13,16)(H2,11,17,18)(H,12,14,15). The molecular formula is C10H11N5O4S. The van der Waals surface area contributed by atoms with Gasteiger partial charge in [0, 0.05) is 11.8 Å². The molecule has 10 heteroatoms. The summed E-state index contributed by atoms with van der Waals surface area (Å²) < 4.78 is 27.6. The molecule has 0 aliphatic rings. The van der Waals surface area contributed by atoms with Crippen LogP contribution in [0.3, 0.4) is 0 Å². The molecule has 1 aromatic heterocycles. The van der Waals surface area contributed by atoms with Gasteiger partial charge < -0.3 is 10.1 Å². The maximum atomic E-state index is 11.7. The smallest absolute Gasteiger partial charge is 0.277 e. The molecule has 9 nitrogen and oxygen atoms in total. The van der Waals surface area contributed by atoms with Gasteiger partial charge >= 0.3 is 0 Å². The van der Waals surface area contributed by atoms with E-state index in [0.29, 0.717) is 5.69 Å². The van der Waals surface area contributed by atoms with E-state index in [0.717, 1.165) is 0 Å². The molecule has 106 valence electrons. The Morgan fingerprint density at radius 3 is 2.75 bits per heavy atom. The second-order valence-corrected chi connectivity index (χ2v) is 5.25. The summed E-state index contributed by atoms with van der Waals surface area (Å²) in [7, 11) is -2.60. The molecule has 0 saturated heterocycles. The number of sulfonamides is 1. The van der Waals surface area contributed by atoms with Crippen LogP contribution in [0, 0.1) is 0 Å². The van der Waals surface area contributed by atoms with E-state index >= 15 is 0 Å². The lowest BCUT2D eigenvalue weighted by molar-refractivity contribution is 0.102. The summed E-state index contributed by atoms with van der Waals surface area (Å²) in [6, 6.07) is 3.98. The summed E-state index contributed by atoms with van der Waals surface area (Å²) in [5.41, 5.74) is 0.432.